The molecule has 1 fully saturated rings. The Morgan fingerprint density at radius 3 is 2.74 bits per heavy atom. The Balaban J connectivity index is 2.19. The van der Waals surface area contributed by atoms with Crippen LogP contribution in [0.25, 0.3) is 0 Å². The highest BCUT2D eigenvalue weighted by atomic mass is 19.3. The number of carbonyl (C=O) groups is 2. The van der Waals surface area contributed by atoms with Crippen LogP contribution in [0.3, 0.4) is 0 Å². The Morgan fingerprint density at radius 2 is 2.13 bits per heavy atom. The molecular weight excluding hydrogens is 308 g/mol. The van der Waals surface area contributed by atoms with E-state index in [9.17, 15) is 18.4 Å². The zero-order valence-electron chi connectivity index (χ0n) is 12.8. The minimum Gasteiger partial charge on any atom is -0.363 e. The van der Waals surface area contributed by atoms with E-state index in [2.05, 4.69) is 4.74 Å². The molecule has 0 aliphatic carbocycles. The average molecular weight is 327 g/mol. The van der Waals surface area contributed by atoms with Gasteiger partial charge in [0, 0.05) is 13.0 Å². The Hall–Kier alpha value is -1.86. The summed E-state index contributed by atoms with van der Waals surface area (Å²) in [4.78, 5) is 25.0. The molecule has 126 valence electrons. The summed E-state index contributed by atoms with van der Waals surface area (Å²) in [5.74, 6) is -0.400. The molecule has 2 atom stereocenters. The van der Waals surface area contributed by atoms with Gasteiger partial charge in [-0.1, -0.05) is 30.3 Å². The average Bonchev–Trinajstić information content (AvgIpc) is 2.52. The van der Waals surface area contributed by atoms with Gasteiger partial charge in [-0.25, -0.2) is 0 Å². The fourth-order valence-electron chi connectivity index (χ4n) is 2.51. The van der Waals surface area contributed by atoms with Crippen LogP contribution in [-0.2, 0) is 25.6 Å². The molecule has 0 radical (unpaired) electrons. The number of rotatable bonds is 7. The summed E-state index contributed by atoms with van der Waals surface area (Å²) in [6.45, 7) is -1.42. The molecular formula is C16H19F2NO4. The van der Waals surface area contributed by atoms with Crippen LogP contribution in [-0.4, -0.2) is 48.6 Å². The van der Waals surface area contributed by atoms with Crippen molar-refractivity contribution in [2.45, 2.75) is 38.1 Å². The van der Waals surface area contributed by atoms with Crippen molar-refractivity contribution < 1.29 is 27.8 Å². The van der Waals surface area contributed by atoms with Crippen LogP contribution in [0.1, 0.15) is 18.9 Å². The number of hydrogen-bond donors (Lipinski definition) is 0. The molecule has 0 saturated carbocycles. The lowest BCUT2D eigenvalue weighted by Crippen LogP contribution is -2.60. The van der Waals surface area contributed by atoms with E-state index < -0.39 is 24.2 Å². The van der Waals surface area contributed by atoms with E-state index in [1.165, 1.54) is 11.8 Å². The molecule has 0 bridgehead atoms. The summed E-state index contributed by atoms with van der Waals surface area (Å²) in [5.41, 5.74) is -0.407. The molecule has 5 nitrogen and oxygen atoms in total. The quantitative estimate of drug-likeness (QED) is 0.719. The van der Waals surface area contributed by atoms with E-state index in [-0.39, 0.29) is 26.2 Å². The highest BCUT2D eigenvalue weighted by molar-refractivity contribution is 5.88. The molecule has 2 unspecified atom stereocenters. The van der Waals surface area contributed by atoms with E-state index in [0.717, 1.165) is 5.56 Å². The molecule has 1 aromatic rings. The van der Waals surface area contributed by atoms with Crippen molar-refractivity contribution in [2.75, 3.05) is 13.2 Å². The summed E-state index contributed by atoms with van der Waals surface area (Å²) in [6, 6.07) is 8.55. The van der Waals surface area contributed by atoms with Gasteiger partial charge < -0.3 is 19.2 Å². The first-order valence-corrected chi connectivity index (χ1v) is 7.28. The zero-order valence-corrected chi connectivity index (χ0v) is 12.8. The van der Waals surface area contributed by atoms with Gasteiger partial charge in [0.05, 0.1) is 19.3 Å². The first kappa shape index (κ1) is 17.5. The summed E-state index contributed by atoms with van der Waals surface area (Å²) >= 11 is 0. The van der Waals surface area contributed by atoms with E-state index in [4.69, 9.17) is 4.74 Å². The third-order valence-corrected chi connectivity index (χ3v) is 3.83. The second-order valence-corrected chi connectivity index (χ2v) is 5.58. The van der Waals surface area contributed by atoms with Crippen LogP contribution in [0.2, 0.25) is 0 Å². The van der Waals surface area contributed by atoms with Crippen molar-refractivity contribution in [3.05, 3.63) is 35.9 Å². The fraction of sp³-hybridized carbons (Fsp3) is 0.500. The number of ether oxygens (including phenoxy) is 2. The number of hydrogen-bond acceptors (Lipinski definition) is 4. The van der Waals surface area contributed by atoms with Gasteiger partial charge in [0.15, 0.2) is 5.60 Å². The standard InChI is InChI=1S/C16H19F2NO4/c1-16(7-8-20)14(21)19(9-12-5-3-2-4-6-12)13(11-23-16)10-22-15(17)18/h2-6,8,13,15H,7,9-11H2,1H3. The van der Waals surface area contributed by atoms with E-state index in [0.29, 0.717) is 6.29 Å². The van der Waals surface area contributed by atoms with Gasteiger partial charge in [0.25, 0.3) is 5.91 Å². The summed E-state index contributed by atoms with van der Waals surface area (Å²) in [6.07, 6.45) is 0.536. The van der Waals surface area contributed by atoms with E-state index >= 15 is 0 Å². The van der Waals surface area contributed by atoms with Gasteiger partial charge in [-0.2, -0.15) is 8.78 Å². The Labute approximate surface area is 133 Å². The number of alkyl halides is 2. The SMILES string of the molecule is CC1(CC=O)OCC(COC(F)F)N(Cc2ccccc2)C1=O. The summed E-state index contributed by atoms with van der Waals surface area (Å²) in [7, 11) is 0. The number of benzene rings is 1. The lowest BCUT2D eigenvalue weighted by atomic mass is 9.96. The third-order valence-electron chi connectivity index (χ3n) is 3.83. The van der Waals surface area contributed by atoms with Crippen LogP contribution in [0.15, 0.2) is 30.3 Å². The van der Waals surface area contributed by atoms with Gasteiger partial charge in [-0.05, 0) is 12.5 Å². The molecule has 1 aliphatic rings. The van der Waals surface area contributed by atoms with Crippen LogP contribution in [0.4, 0.5) is 8.78 Å². The second-order valence-electron chi connectivity index (χ2n) is 5.58. The van der Waals surface area contributed by atoms with Crippen LogP contribution < -0.4 is 0 Å². The maximum Gasteiger partial charge on any atom is 0.345 e. The van der Waals surface area contributed by atoms with Crippen molar-refractivity contribution >= 4 is 12.2 Å². The topological polar surface area (TPSA) is 55.8 Å². The minimum atomic E-state index is -2.91. The van der Waals surface area contributed by atoms with Gasteiger partial charge in [0.1, 0.15) is 6.29 Å². The number of carbonyl (C=O) groups excluding carboxylic acids is 2. The van der Waals surface area contributed by atoms with Gasteiger partial charge in [0.2, 0.25) is 0 Å². The maximum absolute atomic E-state index is 12.7. The summed E-state index contributed by atoms with van der Waals surface area (Å²) < 4.78 is 34.4. The highest BCUT2D eigenvalue weighted by Gasteiger charge is 2.45. The fourth-order valence-corrected chi connectivity index (χ4v) is 2.51. The smallest absolute Gasteiger partial charge is 0.345 e. The van der Waals surface area contributed by atoms with E-state index in [1.54, 1.807) is 0 Å². The predicted molar refractivity (Wildman–Crippen MR) is 77.8 cm³/mol. The number of nitrogens with zero attached hydrogens (tertiary/aromatic N) is 1. The number of halogens is 2. The molecule has 0 N–H and O–H groups in total. The molecule has 23 heavy (non-hydrogen) atoms. The normalized spacial score (nSPS) is 25.0. The Kier molecular flexibility index (Phi) is 5.79. The molecule has 1 aromatic carbocycles. The van der Waals surface area contributed by atoms with Gasteiger partial charge >= 0.3 is 6.61 Å². The van der Waals surface area contributed by atoms with Crippen molar-refractivity contribution in [3.63, 3.8) is 0 Å². The Morgan fingerprint density at radius 1 is 1.43 bits per heavy atom. The highest BCUT2D eigenvalue weighted by Crippen LogP contribution is 2.27. The first-order chi connectivity index (χ1) is 11.0. The number of morpholine rings is 1. The minimum absolute atomic E-state index is 0.0373. The second kappa shape index (κ2) is 7.61. The van der Waals surface area contributed by atoms with Crippen LogP contribution in [0.5, 0.6) is 0 Å². The van der Waals surface area contributed by atoms with Crippen LogP contribution >= 0.6 is 0 Å². The largest absolute Gasteiger partial charge is 0.363 e. The molecule has 1 aliphatic heterocycles. The monoisotopic (exact) mass is 327 g/mol. The maximum atomic E-state index is 12.7. The molecule has 0 aromatic heterocycles. The first-order valence-electron chi connectivity index (χ1n) is 7.28. The number of aldehydes is 1. The molecule has 0 spiro atoms. The van der Waals surface area contributed by atoms with Gasteiger partial charge in [-0.15, -0.1) is 0 Å². The van der Waals surface area contributed by atoms with Gasteiger partial charge in [-0.3, -0.25) is 4.79 Å². The van der Waals surface area contributed by atoms with Crippen LogP contribution in [0, 0.1) is 0 Å². The van der Waals surface area contributed by atoms with E-state index in [1.807, 2.05) is 30.3 Å². The Bertz CT molecular complexity index is 540. The molecule has 1 heterocycles. The summed E-state index contributed by atoms with van der Waals surface area (Å²) in [5, 5.41) is 0. The molecule has 1 amide bonds. The zero-order chi connectivity index (χ0) is 16.9. The van der Waals surface area contributed by atoms with Crippen molar-refractivity contribution in [1.82, 2.24) is 4.90 Å². The van der Waals surface area contributed by atoms with Crippen molar-refractivity contribution in [3.8, 4) is 0 Å². The van der Waals surface area contributed by atoms with Crippen molar-refractivity contribution in [1.29, 1.82) is 0 Å². The molecule has 1 saturated heterocycles. The predicted octanol–water partition coefficient (Wildman–Crippen LogP) is 2.00. The lowest BCUT2D eigenvalue weighted by Gasteiger charge is -2.43. The third kappa shape index (κ3) is 4.33. The lowest BCUT2D eigenvalue weighted by molar-refractivity contribution is -0.194. The number of amides is 1. The van der Waals surface area contributed by atoms with Crippen molar-refractivity contribution in [2.24, 2.45) is 0 Å². The molecule has 7 heteroatoms. The molecule has 2 rings (SSSR count).